The van der Waals surface area contributed by atoms with Gasteiger partial charge in [0.1, 0.15) is 11.5 Å². The molecule has 0 saturated carbocycles. The minimum absolute atomic E-state index is 0.782. The number of H-pyrrole nitrogens is 1. The Morgan fingerprint density at radius 2 is 1.91 bits per heavy atom. The van der Waals surface area contributed by atoms with E-state index in [0.717, 1.165) is 38.6 Å². The second-order valence-electron chi connectivity index (χ2n) is 5.30. The third kappa shape index (κ3) is 2.92. The molecule has 1 N–H and O–H groups in total. The van der Waals surface area contributed by atoms with E-state index in [4.69, 9.17) is 9.73 Å². The van der Waals surface area contributed by atoms with Gasteiger partial charge in [-0.3, -0.25) is 0 Å². The van der Waals surface area contributed by atoms with Gasteiger partial charge >= 0.3 is 0 Å². The van der Waals surface area contributed by atoms with Crippen molar-refractivity contribution in [3.63, 3.8) is 0 Å². The van der Waals surface area contributed by atoms with E-state index in [9.17, 15) is 0 Å². The second kappa shape index (κ2) is 5.97. The van der Waals surface area contributed by atoms with Gasteiger partial charge in [-0.05, 0) is 43.7 Å². The van der Waals surface area contributed by atoms with Crippen LogP contribution in [0.25, 0.3) is 6.08 Å². The van der Waals surface area contributed by atoms with Gasteiger partial charge in [0, 0.05) is 27.5 Å². The van der Waals surface area contributed by atoms with Gasteiger partial charge < -0.3 is 9.72 Å². The van der Waals surface area contributed by atoms with Crippen molar-refractivity contribution in [3.05, 3.63) is 74.9 Å². The molecule has 0 spiro atoms. The predicted octanol–water partition coefficient (Wildman–Crippen LogP) is 4.77. The van der Waals surface area contributed by atoms with Crippen molar-refractivity contribution in [2.45, 2.75) is 13.8 Å². The van der Waals surface area contributed by atoms with Crippen LogP contribution in [0.3, 0.4) is 0 Å². The molecular formula is C18H17BrN2O. The Kier molecular flexibility index (Phi) is 4.03. The molecule has 1 aromatic heterocycles. The number of nitrogens with one attached hydrogen (secondary N) is 1. The summed E-state index contributed by atoms with van der Waals surface area (Å²) in [4.78, 5) is 8.05. The largest absolute Gasteiger partial charge is 0.494 e. The number of aliphatic imine (C=N–C) groups is 1. The summed E-state index contributed by atoms with van der Waals surface area (Å²) < 4.78 is 6.53. The standard InChI is InChI=1S/C18H17BrN2O/c1-11-8-12(2)20-15(11)9-17-18(22-3)10-16(21-17)13-4-6-14(19)7-5-13/h4-10,20H,1-3H3/b17-9-. The topological polar surface area (TPSA) is 37.4 Å². The summed E-state index contributed by atoms with van der Waals surface area (Å²) in [6.45, 7) is 4.13. The van der Waals surface area contributed by atoms with Gasteiger partial charge in [0.05, 0.1) is 12.8 Å². The first-order valence-corrected chi connectivity index (χ1v) is 7.84. The molecule has 1 aliphatic rings. The molecule has 3 nitrogen and oxygen atoms in total. The fraction of sp³-hybridized carbons (Fsp3) is 0.167. The molecule has 3 rings (SSSR count). The van der Waals surface area contributed by atoms with E-state index in [2.05, 4.69) is 33.9 Å². The van der Waals surface area contributed by atoms with E-state index in [1.165, 1.54) is 5.56 Å². The number of rotatable bonds is 3. The van der Waals surface area contributed by atoms with Crippen LogP contribution < -0.4 is 0 Å². The van der Waals surface area contributed by atoms with Gasteiger partial charge in [-0.25, -0.2) is 4.99 Å². The van der Waals surface area contributed by atoms with Crippen molar-refractivity contribution in [1.82, 2.24) is 4.98 Å². The van der Waals surface area contributed by atoms with Crippen LogP contribution in [0, 0.1) is 13.8 Å². The molecular weight excluding hydrogens is 340 g/mol. The molecule has 1 aliphatic heterocycles. The summed E-state index contributed by atoms with van der Waals surface area (Å²) >= 11 is 3.45. The lowest BCUT2D eigenvalue weighted by atomic mass is 10.1. The predicted molar refractivity (Wildman–Crippen MR) is 94.0 cm³/mol. The number of aryl methyl sites for hydroxylation is 2. The number of ether oxygens (including phenoxy) is 1. The fourth-order valence-corrected chi connectivity index (χ4v) is 2.75. The SMILES string of the molecule is COC1=CC(c2ccc(Br)cc2)=N/C1=C\c1[nH]c(C)cc1C. The molecule has 2 heterocycles. The molecule has 0 atom stereocenters. The molecule has 0 fully saturated rings. The van der Waals surface area contributed by atoms with Crippen molar-refractivity contribution < 1.29 is 4.74 Å². The van der Waals surface area contributed by atoms with Gasteiger partial charge in [0.2, 0.25) is 0 Å². The van der Waals surface area contributed by atoms with E-state index in [-0.39, 0.29) is 0 Å². The summed E-state index contributed by atoms with van der Waals surface area (Å²) in [5.74, 6) is 0.782. The zero-order valence-corrected chi connectivity index (χ0v) is 14.4. The first kappa shape index (κ1) is 14.9. The quantitative estimate of drug-likeness (QED) is 0.844. The Morgan fingerprint density at radius 1 is 1.18 bits per heavy atom. The van der Waals surface area contributed by atoms with Crippen molar-refractivity contribution in [2.75, 3.05) is 7.11 Å². The number of halogens is 1. The monoisotopic (exact) mass is 356 g/mol. The van der Waals surface area contributed by atoms with Gasteiger partial charge in [0.25, 0.3) is 0 Å². The van der Waals surface area contributed by atoms with E-state index >= 15 is 0 Å². The van der Waals surface area contributed by atoms with Crippen LogP contribution >= 0.6 is 15.9 Å². The Hall–Kier alpha value is -2.07. The summed E-state index contributed by atoms with van der Waals surface area (Å²) in [6, 6.07) is 10.2. The highest BCUT2D eigenvalue weighted by atomic mass is 79.9. The summed E-state index contributed by atoms with van der Waals surface area (Å²) in [5, 5.41) is 0. The van der Waals surface area contributed by atoms with Crippen LogP contribution in [0.2, 0.25) is 0 Å². The van der Waals surface area contributed by atoms with Gasteiger partial charge in [0.15, 0.2) is 0 Å². The second-order valence-corrected chi connectivity index (χ2v) is 6.21. The molecule has 0 aliphatic carbocycles. The third-order valence-corrected chi connectivity index (χ3v) is 4.12. The van der Waals surface area contributed by atoms with Crippen LogP contribution in [0.4, 0.5) is 0 Å². The Labute approximate surface area is 138 Å². The Bertz CT molecular complexity index is 795. The van der Waals surface area contributed by atoms with Crippen LogP contribution in [0.1, 0.15) is 22.5 Å². The van der Waals surface area contributed by atoms with E-state index in [1.807, 2.05) is 43.3 Å². The number of allylic oxidation sites excluding steroid dienone is 1. The molecule has 1 aromatic carbocycles. The first-order valence-electron chi connectivity index (χ1n) is 7.05. The fourth-order valence-electron chi connectivity index (χ4n) is 2.49. The number of hydrogen-bond acceptors (Lipinski definition) is 2. The zero-order valence-electron chi connectivity index (χ0n) is 12.8. The average molecular weight is 357 g/mol. The van der Waals surface area contributed by atoms with E-state index in [0.29, 0.717) is 0 Å². The minimum Gasteiger partial charge on any atom is -0.494 e. The van der Waals surface area contributed by atoms with Crippen molar-refractivity contribution >= 4 is 27.7 Å². The van der Waals surface area contributed by atoms with Gasteiger partial charge in [-0.2, -0.15) is 0 Å². The lowest BCUT2D eigenvalue weighted by Crippen LogP contribution is -1.92. The molecule has 4 heteroatoms. The molecule has 22 heavy (non-hydrogen) atoms. The number of nitrogens with zero attached hydrogens (tertiary/aromatic N) is 1. The van der Waals surface area contributed by atoms with Crippen LogP contribution in [0.15, 0.2) is 57.3 Å². The number of benzene rings is 1. The zero-order chi connectivity index (χ0) is 15.7. The first-order chi connectivity index (χ1) is 10.6. The van der Waals surface area contributed by atoms with Crippen LogP contribution in [0.5, 0.6) is 0 Å². The van der Waals surface area contributed by atoms with E-state index in [1.54, 1.807) is 7.11 Å². The van der Waals surface area contributed by atoms with E-state index < -0.39 is 0 Å². The Balaban J connectivity index is 2.00. The average Bonchev–Trinajstić information content (AvgIpc) is 3.03. The Morgan fingerprint density at radius 3 is 2.50 bits per heavy atom. The summed E-state index contributed by atoms with van der Waals surface area (Å²) in [5.41, 5.74) is 6.23. The van der Waals surface area contributed by atoms with Crippen molar-refractivity contribution in [2.24, 2.45) is 4.99 Å². The highest BCUT2D eigenvalue weighted by molar-refractivity contribution is 9.10. The van der Waals surface area contributed by atoms with Crippen molar-refractivity contribution in [3.8, 4) is 0 Å². The molecule has 0 unspecified atom stereocenters. The number of methoxy groups -OCH3 is 1. The highest BCUT2D eigenvalue weighted by Gasteiger charge is 2.17. The van der Waals surface area contributed by atoms with Crippen LogP contribution in [-0.2, 0) is 4.74 Å². The van der Waals surface area contributed by atoms with Gasteiger partial charge in [-0.1, -0.05) is 28.1 Å². The minimum atomic E-state index is 0.782. The lowest BCUT2D eigenvalue weighted by Gasteiger charge is -2.01. The highest BCUT2D eigenvalue weighted by Crippen LogP contribution is 2.26. The molecule has 0 saturated heterocycles. The molecule has 112 valence electrons. The molecule has 0 bridgehead atoms. The lowest BCUT2D eigenvalue weighted by molar-refractivity contribution is 0.303. The maximum atomic E-state index is 5.47. The number of hydrogen-bond donors (Lipinski definition) is 1. The summed E-state index contributed by atoms with van der Waals surface area (Å²) in [7, 11) is 1.67. The number of aromatic nitrogens is 1. The van der Waals surface area contributed by atoms with Gasteiger partial charge in [-0.15, -0.1) is 0 Å². The third-order valence-electron chi connectivity index (χ3n) is 3.59. The van der Waals surface area contributed by atoms with Crippen LogP contribution in [-0.4, -0.2) is 17.8 Å². The molecule has 0 radical (unpaired) electrons. The normalized spacial score (nSPS) is 15.9. The smallest absolute Gasteiger partial charge is 0.146 e. The van der Waals surface area contributed by atoms with Crippen molar-refractivity contribution in [1.29, 1.82) is 0 Å². The maximum Gasteiger partial charge on any atom is 0.146 e. The number of aromatic amines is 1. The maximum absolute atomic E-state index is 5.47. The summed E-state index contributed by atoms with van der Waals surface area (Å²) in [6.07, 6.45) is 4.00. The molecule has 0 amide bonds. The molecule has 2 aromatic rings.